The van der Waals surface area contributed by atoms with Gasteiger partial charge in [-0.2, -0.15) is 0 Å². The Morgan fingerprint density at radius 3 is 2.81 bits per heavy atom. The summed E-state index contributed by atoms with van der Waals surface area (Å²) in [6.07, 6.45) is 2.02. The molecule has 88 valence electrons. The largest absolute Gasteiger partial charge is 0.506 e. The molecule has 1 amide bonds. The van der Waals surface area contributed by atoms with E-state index in [0.29, 0.717) is 12.1 Å². The Kier molecular flexibility index (Phi) is 4.64. The van der Waals surface area contributed by atoms with Crippen molar-refractivity contribution in [1.29, 1.82) is 0 Å². The summed E-state index contributed by atoms with van der Waals surface area (Å²) >= 11 is 0. The van der Waals surface area contributed by atoms with Crippen LogP contribution in [0.5, 0.6) is 5.75 Å². The first kappa shape index (κ1) is 12.4. The van der Waals surface area contributed by atoms with Gasteiger partial charge in [0.15, 0.2) is 0 Å². The van der Waals surface area contributed by atoms with Crippen LogP contribution in [0.4, 0.5) is 5.69 Å². The number of nitrogens with one attached hydrogen (secondary N) is 1. The predicted molar refractivity (Wildman–Crippen MR) is 64.2 cm³/mol. The first-order valence-electron chi connectivity index (χ1n) is 5.42. The van der Waals surface area contributed by atoms with Gasteiger partial charge in [-0.25, -0.2) is 0 Å². The number of para-hydroxylation sites is 2. The van der Waals surface area contributed by atoms with Gasteiger partial charge in [-0.15, -0.1) is 0 Å². The van der Waals surface area contributed by atoms with Gasteiger partial charge in [0.25, 0.3) is 0 Å². The molecule has 1 aromatic rings. The first-order valence-corrected chi connectivity index (χ1v) is 5.42. The van der Waals surface area contributed by atoms with Crippen LogP contribution in [0.1, 0.15) is 26.2 Å². The quantitative estimate of drug-likeness (QED) is 0.643. The number of rotatable bonds is 6. The average Bonchev–Trinajstić information content (AvgIpc) is 2.21. The van der Waals surface area contributed by atoms with Gasteiger partial charge in [0, 0.05) is 12.5 Å². The number of phenols is 1. The van der Waals surface area contributed by atoms with Crippen molar-refractivity contribution in [3.63, 3.8) is 0 Å². The van der Waals surface area contributed by atoms with Gasteiger partial charge in [0.1, 0.15) is 5.75 Å². The van der Waals surface area contributed by atoms with E-state index in [4.69, 9.17) is 5.73 Å². The van der Waals surface area contributed by atoms with E-state index >= 15 is 0 Å². The lowest BCUT2D eigenvalue weighted by molar-refractivity contribution is -0.118. The lowest BCUT2D eigenvalue weighted by Gasteiger charge is -2.15. The zero-order chi connectivity index (χ0) is 12.0. The van der Waals surface area contributed by atoms with E-state index in [1.165, 1.54) is 0 Å². The number of benzene rings is 1. The highest BCUT2D eigenvalue weighted by Gasteiger charge is 2.05. The number of nitrogens with two attached hydrogens (primary N) is 1. The molecule has 1 unspecified atom stereocenters. The Bertz CT molecular complexity index is 353. The number of primary amides is 1. The number of hydrogen-bond acceptors (Lipinski definition) is 3. The third-order valence-electron chi connectivity index (χ3n) is 2.37. The molecule has 0 aliphatic heterocycles. The van der Waals surface area contributed by atoms with E-state index in [-0.39, 0.29) is 17.7 Å². The van der Waals surface area contributed by atoms with Crippen LogP contribution in [0.25, 0.3) is 0 Å². The molecule has 1 aromatic carbocycles. The third kappa shape index (κ3) is 4.21. The summed E-state index contributed by atoms with van der Waals surface area (Å²) in [5, 5.41) is 12.7. The van der Waals surface area contributed by atoms with E-state index < -0.39 is 0 Å². The molecule has 1 rings (SSSR count). The molecule has 0 aliphatic carbocycles. The second-order valence-electron chi connectivity index (χ2n) is 3.92. The molecule has 0 aliphatic rings. The van der Waals surface area contributed by atoms with E-state index in [1.807, 2.05) is 19.1 Å². The Balaban J connectivity index is 2.37. The minimum absolute atomic E-state index is 0.202. The topological polar surface area (TPSA) is 75.4 Å². The number of carbonyl (C=O) groups is 1. The van der Waals surface area contributed by atoms with Crippen molar-refractivity contribution in [3.8, 4) is 5.75 Å². The molecule has 0 saturated carbocycles. The van der Waals surface area contributed by atoms with Crippen molar-refractivity contribution in [1.82, 2.24) is 0 Å². The van der Waals surface area contributed by atoms with E-state index in [1.54, 1.807) is 12.1 Å². The van der Waals surface area contributed by atoms with Gasteiger partial charge in [0.05, 0.1) is 5.69 Å². The van der Waals surface area contributed by atoms with Crippen LogP contribution in [0.2, 0.25) is 0 Å². The molecule has 16 heavy (non-hydrogen) atoms. The molecule has 4 N–H and O–H groups in total. The summed E-state index contributed by atoms with van der Waals surface area (Å²) in [6, 6.07) is 7.29. The maximum Gasteiger partial charge on any atom is 0.217 e. The highest BCUT2D eigenvalue weighted by atomic mass is 16.3. The van der Waals surface area contributed by atoms with Crippen LogP contribution < -0.4 is 11.1 Å². The van der Waals surface area contributed by atoms with Gasteiger partial charge < -0.3 is 16.2 Å². The molecular formula is C12H18N2O2. The van der Waals surface area contributed by atoms with E-state index in [0.717, 1.165) is 12.8 Å². The molecule has 4 nitrogen and oxygen atoms in total. The van der Waals surface area contributed by atoms with Crippen molar-refractivity contribution >= 4 is 11.6 Å². The monoisotopic (exact) mass is 222 g/mol. The van der Waals surface area contributed by atoms with Crippen molar-refractivity contribution in [2.24, 2.45) is 5.73 Å². The summed E-state index contributed by atoms with van der Waals surface area (Å²) in [5.74, 6) is -0.0287. The normalized spacial score (nSPS) is 12.1. The van der Waals surface area contributed by atoms with Gasteiger partial charge in [-0.1, -0.05) is 12.1 Å². The van der Waals surface area contributed by atoms with Crippen LogP contribution in [-0.4, -0.2) is 17.1 Å². The maximum absolute atomic E-state index is 10.6. The van der Waals surface area contributed by atoms with Crippen LogP contribution in [-0.2, 0) is 4.79 Å². The second kappa shape index (κ2) is 6.00. The molecular weight excluding hydrogens is 204 g/mol. The third-order valence-corrected chi connectivity index (χ3v) is 2.37. The highest BCUT2D eigenvalue weighted by molar-refractivity contribution is 5.73. The summed E-state index contributed by atoms with van der Waals surface area (Å²) in [7, 11) is 0. The minimum atomic E-state index is -0.269. The molecule has 0 bridgehead atoms. The molecule has 0 spiro atoms. The fraction of sp³-hybridized carbons (Fsp3) is 0.417. The second-order valence-corrected chi connectivity index (χ2v) is 3.92. The molecule has 0 fully saturated rings. The predicted octanol–water partition coefficient (Wildman–Crippen LogP) is 1.85. The van der Waals surface area contributed by atoms with Crippen molar-refractivity contribution < 1.29 is 9.90 Å². The lowest BCUT2D eigenvalue weighted by Crippen LogP contribution is -2.17. The molecule has 0 aromatic heterocycles. The average molecular weight is 222 g/mol. The van der Waals surface area contributed by atoms with Gasteiger partial charge in [-0.05, 0) is 31.9 Å². The van der Waals surface area contributed by atoms with Crippen molar-refractivity contribution in [2.75, 3.05) is 5.32 Å². The standard InChI is InChI=1S/C12H18N2O2/c1-9(5-4-8-12(13)16)14-10-6-2-3-7-11(10)15/h2-3,6-7,9,14-15H,4-5,8H2,1H3,(H2,13,16). The zero-order valence-electron chi connectivity index (χ0n) is 9.44. The number of aromatic hydroxyl groups is 1. The Morgan fingerprint density at radius 2 is 2.19 bits per heavy atom. The van der Waals surface area contributed by atoms with Gasteiger partial charge >= 0.3 is 0 Å². The number of amides is 1. The van der Waals surface area contributed by atoms with Crippen LogP contribution >= 0.6 is 0 Å². The molecule has 4 heteroatoms. The van der Waals surface area contributed by atoms with Crippen LogP contribution in [0.15, 0.2) is 24.3 Å². The molecule has 0 saturated heterocycles. The highest BCUT2D eigenvalue weighted by Crippen LogP contribution is 2.23. The van der Waals surface area contributed by atoms with Crippen molar-refractivity contribution in [2.45, 2.75) is 32.2 Å². The SMILES string of the molecule is CC(CCCC(N)=O)Nc1ccccc1O. The minimum Gasteiger partial charge on any atom is -0.506 e. The number of hydrogen-bond donors (Lipinski definition) is 3. The maximum atomic E-state index is 10.6. The Morgan fingerprint density at radius 1 is 1.50 bits per heavy atom. The smallest absolute Gasteiger partial charge is 0.217 e. The number of anilines is 1. The molecule has 0 radical (unpaired) electrons. The lowest BCUT2D eigenvalue weighted by atomic mass is 10.1. The van der Waals surface area contributed by atoms with Crippen LogP contribution in [0, 0.1) is 0 Å². The summed E-state index contributed by atoms with van der Waals surface area (Å²) in [4.78, 5) is 10.6. The first-order chi connectivity index (χ1) is 7.59. The van der Waals surface area contributed by atoms with E-state index in [9.17, 15) is 9.90 Å². The summed E-state index contributed by atoms with van der Waals surface area (Å²) < 4.78 is 0. The van der Waals surface area contributed by atoms with Gasteiger partial charge in [0.2, 0.25) is 5.91 Å². The Labute approximate surface area is 95.5 Å². The van der Waals surface area contributed by atoms with Gasteiger partial charge in [-0.3, -0.25) is 4.79 Å². The summed E-state index contributed by atoms with van der Waals surface area (Å²) in [5.41, 5.74) is 5.77. The fourth-order valence-corrected chi connectivity index (χ4v) is 1.52. The zero-order valence-corrected chi connectivity index (χ0v) is 9.44. The number of phenolic OH excluding ortho intramolecular Hbond substituents is 1. The Hall–Kier alpha value is -1.71. The molecule has 0 heterocycles. The fourth-order valence-electron chi connectivity index (χ4n) is 1.52. The van der Waals surface area contributed by atoms with E-state index in [2.05, 4.69) is 5.32 Å². The van der Waals surface area contributed by atoms with Crippen molar-refractivity contribution in [3.05, 3.63) is 24.3 Å². The molecule has 1 atom stereocenters. The van der Waals surface area contributed by atoms with Crippen LogP contribution in [0.3, 0.4) is 0 Å². The summed E-state index contributed by atoms with van der Waals surface area (Å²) in [6.45, 7) is 2.01. The number of carbonyl (C=O) groups excluding carboxylic acids is 1.